The number of hydrogen-bond acceptors (Lipinski definition) is 9. The van der Waals surface area contributed by atoms with Crippen LogP contribution in [0.15, 0.2) is 60.8 Å². The highest BCUT2D eigenvalue weighted by molar-refractivity contribution is 5.69. The third kappa shape index (κ3) is 30.9. The zero-order chi connectivity index (χ0) is 42.2. The standard InChI is InChI=1S/C49H86O9/c1-3-5-7-9-11-13-15-16-17-18-19-20-21-22-23-24-25-26-27-29-31-33-35-37-39-55-41-43(42-56-49-48(54)47(53)46(52)44(40-50)58-49)57-45(51)38-36-34-32-30-28-14-12-10-8-6-4-2/h5,7,11,13,16-17,19-20,22-23,43-44,46-50,52-54H,3-4,6,8-10,12,14-15,18,21,24-42H2,1-2H3/b7-5-,13-11-,17-16-,20-19-,23-22-. The summed E-state index contributed by atoms with van der Waals surface area (Å²) in [6.45, 7) is 4.41. The highest BCUT2D eigenvalue weighted by Crippen LogP contribution is 2.22. The van der Waals surface area contributed by atoms with E-state index in [9.17, 15) is 25.2 Å². The molecule has 1 fully saturated rings. The zero-order valence-corrected chi connectivity index (χ0v) is 36.8. The lowest BCUT2D eigenvalue weighted by atomic mass is 9.99. The van der Waals surface area contributed by atoms with Gasteiger partial charge in [-0.25, -0.2) is 0 Å². The van der Waals surface area contributed by atoms with Gasteiger partial charge in [0.1, 0.15) is 30.5 Å². The molecule has 0 aromatic rings. The molecule has 58 heavy (non-hydrogen) atoms. The summed E-state index contributed by atoms with van der Waals surface area (Å²) in [5, 5.41) is 40.1. The van der Waals surface area contributed by atoms with Gasteiger partial charge in [0.05, 0.1) is 19.8 Å². The first-order valence-electron chi connectivity index (χ1n) is 23.4. The van der Waals surface area contributed by atoms with Gasteiger partial charge in [-0.2, -0.15) is 0 Å². The van der Waals surface area contributed by atoms with Crippen LogP contribution in [0.2, 0.25) is 0 Å². The van der Waals surface area contributed by atoms with Crippen LogP contribution >= 0.6 is 0 Å². The molecule has 4 N–H and O–H groups in total. The minimum absolute atomic E-state index is 0.117. The largest absolute Gasteiger partial charge is 0.457 e. The van der Waals surface area contributed by atoms with Crippen molar-refractivity contribution < 1.29 is 44.2 Å². The summed E-state index contributed by atoms with van der Waals surface area (Å²) < 4.78 is 22.8. The van der Waals surface area contributed by atoms with E-state index in [0.717, 1.165) is 77.0 Å². The molecular weight excluding hydrogens is 733 g/mol. The average molecular weight is 819 g/mol. The summed E-state index contributed by atoms with van der Waals surface area (Å²) in [6, 6.07) is 0. The molecule has 0 radical (unpaired) electrons. The molecule has 0 aliphatic carbocycles. The third-order valence-corrected chi connectivity index (χ3v) is 10.4. The first-order valence-corrected chi connectivity index (χ1v) is 23.4. The summed E-state index contributed by atoms with van der Waals surface area (Å²) in [7, 11) is 0. The van der Waals surface area contributed by atoms with Gasteiger partial charge < -0.3 is 39.4 Å². The van der Waals surface area contributed by atoms with E-state index in [-0.39, 0.29) is 19.2 Å². The molecule has 1 heterocycles. The van der Waals surface area contributed by atoms with Gasteiger partial charge in [-0.1, -0.05) is 177 Å². The fraction of sp³-hybridized carbons (Fsp3) is 0.776. The van der Waals surface area contributed by atoms with Crippen LogP contribution in [0.4, 0.5) is 0 Å². The molecule has 1 saturated heterocycles. The molecule has 9 nitrogen and oxygen atoms in total. The van der Waals surface area contributed by atoms with Crippen molar-refractivity contribution in [1.82, 2.24) is 0 Å². The van der Waals surface area contributed by atoms with Crippen LogP contribution < -0.4 is 0 Å². The SMILES string of the molecule is CC/C=C\C/C=C\C/C=C\C/C=C\C/C=C\CCCCCCCCCCOCC(COC1OC(CO)C(O)C(O)C1O)OC(=O)CCCCCCCCCCCCC. The van der Waals surface area contributed by atoms with Gasteiger partial charge in [0, 0.05) is 13.0 Å². The van der Waals surface area contributed by atoms with Crippen LogP contribution in [0.3, 0.4) is 0 Å². The maximum absolute atomic E-state index is 12.7. The van der Waals surface area contributed by atoms with E-state index in [1.807, 2.05) is 0 Å². The smallest absolute Gasteiger partial charge is 0.306 e. The van der Waals surface area contributed by atoms with Gasteiger partial charge in [0.25, 0.3) is 0 Å². The van der Waals surface area contributed by atoms with Gasteiger partial charge in [0.15, 0.2) is 6.29 Å². The maximum Gasteiger partial charge on any atom is 0.306 e. The number of carbonyl (C=O) groups excluding carboxylic acids is 1. The van der Waals surface area contributed by atoms with Crippen molar-refractivity contribution in [3.63, 3.8) is 0 Å². The number of unbranched alkanes of at least 4 members (excludes halogenated alkanes) is 18. The van der Waals surface area contributed by atoms with Crippen LogP contribution in [0, 0.1) is 0 Å². The molecule has 9 heteroatoms. The fourth-order valence-corrected chi connectivity index (χ4v) is 6.81. The van der Waals surface area contributed by atoms with E-state index in [1.54, 1.807) is 0 Å². The molecule has 0 aromatic carbocycles. The molecule has 336 valence electrons. The molecule has 1 aliphatic rings. The molecule has 1 aliphatic heterocycles. The molecule has 0 spiro atoms. The van der Waals surface area contributed by atoms with Crippen molar-refractivity contribution in [2.75, 3.05) is 26.4 Å². The van der Waals surface area contributed by atoms with Crippen LogP contribution in [-0.2, 0) is 23.7 Å². The summed E-state index contributed by atoms with van der Waals surface area (Å²) in [5.74, 6) is -0.320. The molecule has 0 amide bonds. The second-order valence-corrected chi connectivity index (χ2v) is 15.8. The molecule has 0 aromatic heterocycles. The highest BCUT2D eigenvalue weighted by atomic mass is 16.7. The Morgan fingerprint density at radius 2 is 1.05 bits per heavy atom. The Kier molecular flexibility index (Phi) is 37.5. The number of ether oxygens (including phenoxy) is 4. The number of aliphatic hydroxyl groups is 4. The topological polar surface area (TPSA) is 135 Å². The van der Waals surface area contributed by atoms with Gasteiger partial charge in [-0.15, -0.1) is 0 Å². The van der Waals surface area contributed by atoms with Gasteiger partial charge in [0.2, 0.25) is 0 Å². The van der Waals surface area contributed by atoms with E-state index in [4.69, 9.17) is 18.9 Å². The Morgan fingerprint density at radius 3 is 1.59 bits per heavy atom. The normalized spacial score (nSPS) is 20.8. The highest BCUT2D eigenvalue weighted by Gasteiger charge is 2.44. The van der Waals surface area contributed by atoms with E-state index in [1.165, 1.54) is 83.5 Å². The summed E-state index contributed by atoms with van der Waals surface area (Å²) in [5.41, 5.74) is 0. The van der Waals surface area contributed by atoms with E-state index < -0.39 is 43.4 Å². The minimum Gasteiger partial charge on any atom is -0.457 e. The number of allylic oxidation sites excluding steroid dienone is 10. The van der Waals surface area contributed by atoms with Crippen LogP contribution in [-0.4, -0.2) is 89.6 Å². The van der Waals surface area contributed by atoms with Crippen molar-refractivity contribution in [1.29, 1.82) is 0 Å². The molecule has 6 unspecified atom stereocenters. The Hall–Kier alpha value is -2.11. The Balaban J connectivity index is 2.21. The van der Waals surface area contributed by atoms with Crippen molar-refractivity contribution in [2.45, 2.75) is 218 Å². The lowest BCUT2D eigenvalue weighted by Crippen LogP contribution is -2.59. The minimum atomic E-state index is -1.54. The second-order valence-electron chi connectivity index (χ2n) is 15.8. The van der Waals surface area contributed by atoms with Gasteiger partial charge in [-0.3, -0.25) is 4.79 Å². The number of aliphatic hydroxyl groups excluding tert-OH is 4. The van der Waals surface area contributed by atoms with Crippen LogP contribution in [0.1, 0.15) is 181 Å². The number of rotatable bonds is 39. The van der Waals surface area contributed by atoms with Crippen LogP contribution in [0.5, 0.6) is 0 Å². The molecule has 1 rings (SSSR count). The molecular formula is C49H86O9. The van der Waals surface area contributed by atoms with Gasteiger partial charge in [-0.05, 0) is 57.8 Å². The Bertz CT molecular complexity index is 1070. The van der Waals surface area contributed by atoms with Crippen molar-refractivity contribution >= 4 is 5.97 Å². The van der Waals surface area contributed by atoms with Gasteiger partial charge >= 0.3 is 5.97 Å². The lowest BCUT2D eigenvalue weighted by Gasteiger charge is -2.39. The molecule has 6 atom stereocenters. The maximum atomic E-state index is 12.7. The third-order valence-electron chi connectivity index (χ3n) is 10.4. The lowest BCUT2D eigenvalue weighted by molar-refractivity contribution is -0.305. The number of esters is 1. The first-order chi connectivity index (χ1) is 28.4. The second kappa shape index (κ2) is 40.3. The summed E-state index contributed by atoms with van der Waals surface area (Å²) in [4.78, 5) is 12.7. The monoisotopic (exact) mass is 819 g/mol. The molecule has 0 saturated carbocycles. The Morgan fingerprint density at radius 1 is 0.569 bits per heavy atom. The van der Waals surface area contributed by atoms with Crippen molar-refractivity contribution in [2.24, 2.45) is 0 Å². The number of hydrogen-bond donors (Lipinski definition) is 4. The summed E-state index contributed by atoms with van der Waals surface area (Å²) >= 11 is 0. The Labute approximate surface area is 354 Å². The predicted molar refractivity (Wildman–Crippen MR) is 238 cm³/mol. The first kappa shape index (κ1) is 53.9. The van der Waals surface area contributed by atoms with E-state index in [0.29, 0.717) is 13.0 Å². The summed E-state index contributed by atoms with van der Waals surface area (Å²) in [6.07, 6.45) is 43.9. The average Bonchev–Trinajstić information content (AvgIpc) is 3.22. The molecule has 0 bridgehead atoms. The predicted octanol–water partition coefficient (Wildman–Crippen LogP) is 10.7. The van der Waals surface area contributed by atoms with Crippen molar-refractivity contribution in [3.05, 3.63) is 60.8 Å². The quantitative estimate of drug-likeness (QED) is 0.0272. The number of carbonyl (C=O) groups is 1. The van der Waals surface area contributed by atoms with Crippen LogP contribution in [0.25, 0.3) is 0 Å². The fourth-order valence-electron chi connectivity index (χ4n) is 6.81. The zero-order valence-electron chi connectivity index (χ0n) is 36.8. The van der Waals surface area contributed by atoms with E-state index >= 15 is 0 Å². The van der Waals surface area contributed by atoms with Crippen molar-refractivity contribution in [3.8, 4) is 0 Å². The van der Waals surface area contributed by atoms with E-state index in [2.05, 4.69) is 74.6 Å².